The lowest BCUT2D eigenvalue weighted by Crippen LogP contribution is -2.23. The van der Waals surface area contributed by atoms with Crippen LogP contribution in [0.1, 0.15) is 35.1 Å². The highest BCUT2D eigenvalue weighted by molar-refractivity contribution is 7.91. The van der Waals surface area contributed by atoms with Crippen LogP contribution in [-0.4, -0.2) is 30.5 Å². The summed E-state index contributed by atoms with van der Waals surface area (Å²) in [5.41, 5.74) is 2.48. The average molecular weight is 535 g/mol. The second kappa shape index (κ2) is 10.2. The van der Waals surface area contributed by atoms with Crippen LogP contribution in [0.2, 0.25) is 0 Å². The number of aliphatic hydroxyl groups is 1. The van der Waals surface area contributed by atoms with Crippen molar-refractivity contribution >= 4 is 38.5 Å². The monoisotopic (exact) mass is 534 g/mol. The van der Waals surface area contributed by atoms with Crippen LogP contribution in [0.25, 0.3) is 0 Å². The van der Waals surface area contributed by atoms with Gasteiger partial charge in [-0.15, -0.1) is 0 Å². The third kappa shape index (κ3) is 5.88. The number of thiocarbonyl (C=S) groups is 1. The fraction of sp³-hybridized carbons (Fsp3) is 0.269. The van der Waals surface area contributed by atoms with Gasteiger partial charge in [-0.1, -0.05) is 31.2 Å². The molecule has 1 aliphatic rings. The molecule has 10 heteroatoms. The van der Waals surface area contributed by atoms with Crippen molar-refractivity contribution in [2.75, 3.05) is 16.4 Å². The van der Waals surface area contributed by atoms with Gasteiger partial charge in [0.1, 0.15) is 0 Å². The number of anilines is 2. The van der Waals surface area contributed by atoms with Crippen LogP contribution < -0.4 is 10.6 Å². The highest BCUT2D eigenvalue weighted by atomic mass is 32.2. The van der Waals surface area contributed by atoms with Crippen LogP contribution in [0.5, 0.6) is 0 Å². The molecule has 2 atom stereocenters. The topological polar surface area (TPSA) is 78.4 Å². The molecule has 0 amide bonds. The maximum absolute atomic E-state index is 13.1. The summed E-state index contributed by atoms with van der Waals surface area (Å²) in [7, 11) is -3.65. The third-order valence-electron chi connectivity index (χ3n) is 6.23. The molecule has 0 spiro atoms. The highest BCUT2D eigenvalue weighted by Crippen LogP contribution is 2.37. The Balaban J connectivity index is 1.50. The maximum atomic E-state index is 13.1. The molecule has 5 nitrogen and oxygen atoms in total. The molecule has 0 aromatic heterocycles. The number of rotatable bonds is 6. The first-order chi connectivity index (χ1) is 17.0. The Bertz CT molecular complexity index is 1370. The van der Waals surface area contributed by atoms with Crippen molar-refractivity contribution in [2.24, 2.45) is 0 Å². The van der Waals surface area contributed by atoms with Gasteiger partial charge >= 0.3 is 6.18 Å². The summed E-state index contributed by atoms with van der Waals surface area (Å²) in [5.74, 6) is -0.870. The SMILES string of the molecule is CCc1ccc(S(=O)(=O)CC2c3cc(NC(=S)Nc4cccc(C(F)(F)F)c4)ccc3CC2O)cc1. The van der Waals surface area contributed by atoms with E-state index in [0.717, 1.165) is 29.7 Å². The molecule has 1 aliphatic carbocycles. The summed E-state index contributed by atoms with van der Waals surface area (Å²) in [5, 5.41) is 16.4. The summed E-state index contributed by atoms with van der Waals surface area (Å²) >= 11 is 5.26. The molecule has 0 heterocycles. The molecular weight excluding hydrogens is 509 g/mol. The average Bonchev–Trinajstić information content (AvgIpc) is 3.12. The third-order valence-corrected chi connectivity index (χ3v) is 8.23. The molecule has 36 heavy (non-hydrogen) atoms. The van der Waals surface area contributed by atoms with Crippen molar-refractivity contribution in [3.63, 3.8) is 0 Å². The van der Waals surface area contributed by atoms with Gasteiger partial charge in [0.25, 0.3) is 0 Å². The number of fused-ring (bicyclic) bond motifs is 1. The highest BCUT2D eigenvalue weighted by Gasteiger charge is 2.35. The van der Waals surface area contributed by atoms with Gasteiger partial charge in [0.05, 0.1) is 22.3 Å². The first-order valence-electron chi connectivity index (χ1n) is 11.3. The van der Waals surface area contributed by atoms with Crippen LogP contribution in [0.15, 0.2) is 71.6 Å². The van der Waals surface area contributed by atoms with Gasteiger partial charge in [-0.3, -0.25) is 0 Å². The van der Waals surface area contributed by atoms with Crippen LogP contribution in [0.3, 0.4) is 0 Å². The Kier molecular flexibility index (Phi) is 7.40. The smallest absolute Gasteiger partial charge is 0.392 e. The molecule has 3 aromatic rings. The van der Waals surface area contributed by atoms with Crippen molar-refractivity contribution in [3.05, 3.63) is 89.0 Å². The molecule has 0 saturated carbocycles. The zero-order chi connectivity index (χ0) is 26.1. The molecular formula is C26H25F3N2O3S2. The molecule has 0 aliphatic heterocycles. The number of sulfone groups is 1. The van der Waals surface area contributed by atoms with E-state index in [2.05, 4.69) is 10.6 Å². The zero-order valence-electron chi connectivity index (χ0n) is 19.3. The Morgan fingerprint density at radius 1 is 1.03 bits per heavy atom. The van der Waals surface area contributed by atoms with Crippen molar-refractivity contribution < 1.29 is 26.7 Å². The minimum atomic E-state index is -4.47. The number of nitrogens with one attached hydrogen (secondary N) is 2. The lowest BCUT2D eigenvalue weighted by molar-refractivity contribution is -0.137. The number of hydrogen-bond donors (Lipinski definition) is 3. The molecule has 3 aromatic carbocycles. The second-order valence-electron chi connectivity index (χ2n) is 8.73. The second-order valence-corrected chi connectivity index (χ2v) is 11.2. The van der Waals surface area contributed by atoms with E-state index >= 15 is 0 Å². The van der Waals surface area contributed by atoms with Crippen LogP contribution in [-0.2, 0) is 28.9 Å². The number of benzene rings is 3. The van der Waals surface area contributed by atoms with Gasteiger partial charge in [-0.25, -0.2) is 8.42 Å². The number of alkyl halides is 3. The van der Waals surface area contributed by atoms with E-state index in [1.807, 2.05) is 6.92 Å². The van der Waals surface area contributed by atoms with Gasteiger partial charge in [0.2, 0.25) is 0 Å². The van der Waals surface area contributed by atoms with Crippen molar-refractivity contribution in [1.82, 2.24) is 0 Å². The minimum Gasteiger partial charge on any atom is -0.392 e. The lowest BCUT2D eigenvalue weighted by Gasteiger charge is -2.18. The Morgan fingerprint density at radius 3 is 2.33 bits per heavy atom. The first kappa shape index (κ1) is 26.1. The Morgan fingerprint density at radius 2 is 1.69 bits per heavy atom. The van der Waals surface area contributed by atoms with Crippen molar-refractivity contribution in [2.45, 2.75) is 42.9 Å². The maximum Gasteiger partial charge on any atom is 0.416 e. The van der Waals surface area contributed by atoms with Gasteiger partial charge in [0, 0.05) is 17.3 Å². The van der Waals surface area contributed by atoms with Gasteiger partial charge < -0.3 is 15.7 Å². The van der Waals surface area contributed by atoms with E-state index in [-0.39, 0.29) is 21.4 Å². The standard InChI is InChI=1S/C26H25F3N2O3S2/c1-2-16-6-10-21(11-7-16)36(33,34)15-23-22-14-20(9-8-17(22)12-24(23)32)31-25(35)30-19-5-3-4-18(13-19)26(27,28)29/h3-11,13-14,23-24,32H,2,12,15H2,1H3,(H2,30,31,35). The summed E-state index contributed by atoms with van der Waals surface area (Å²) in [6, 6.07) is 16.7. The molecule has 0 bridgehead atoms. The largest absolute Gasteiger partial charge is 0.416 e. The van der Waals surface area contributed by atoms with E-state index in [9.17, 15) is 26.7 Å². The van der Waals surface area contributed by atoms with E-state index in [0.29, 0.717) is 17.7 Å². The summed E-state index contributed by atoms with van der Waals surface area (Å²) < 4.78 is 65.0. The number of halogens is 3. The Hall–Kier alpha value is -2.95. The summed E-state index contributed by atoms with van der Waals surface area (Å²) in [4.78, 5) is 0.209. The number of aliphatic hydroxyl groups excluding tert-OH is 1. The first-order valence-corrected chi connectivity index (χ1v) is 13.4. The van der Waals surface area contributed by atoms with Crippen LogP contribution in [0.4, 0.5) is 24.5 Å². The minimum absolute atomic E-state index is 0.0769. The number of hydrogen-bond acceptors (Lipinski definition) is 4. The number of aryl methyl sites for hydroxylation is 1. The molecule has 0 radical (unpaired) electrons. The molecule has 190 valence electrons. The summed E-state index contributed by atoms with van der Waals surface area (Å²) in [6.07, 6.45) is -4.19. The van der Waals surface area contributed by atoms with Crippen molar-refractivity contribution in [3.8, 4) is 0 Å². The molecule has 0 fully saturated rings. The molecule has 2 unspecified atom stereocenters. The summed E-state index contributed by atoms with van der Waals surface area (Å²) in [6.45, 7) is 1.99. The van der Waals surface area contributed by atoms with E-state index in [1.165, 1.54) is 12.1 Å². The predicted molar refractivity (Wildman–Crippen MR) is 138 cm³/mol. The predicted octanol–water partition coefficient (Wildman–Crippen LogP) is 5.55. The van der Waals surface area contributed by atoms with Crippen LogP contribution >= 0.6 is 12.2 Å². The Labute approximate surface area is 213 Å². The normalized spacial score (nSPS) is 17.5. The fourth-order valence-electron chi connectivity index (χ4n) is 4.31. The van der Waals surface area contributed by atoms with E-state index in [4.69, 9.17) is 12.2 Å². The van der Waals surface area contributed by atoms with Crippen LogP contribution in [0, 0.1) is 0 Å². The molecule has 3 N–H and O–H groups in total. The van der Waals surface area contributed by atoms with Gasteiger partial charge in [0.15, 0.2) is 14.9 Å². The zero-order valence-corrected chi connectivity index (χ0v) is 21.0. The molecule has 0 saturated heterocycles. The van der Waals surface area contributed by atoms with Gasteiger partial charge in [-0.2, -0.15) is 13.2 Å². The lowest BCUT2D eigenvalue weighted by atomic mass is 10.0. The van der Waals surface area contributed by atoms with Gasteiger partial charge in [-0.05, 0) is 84.2 Å². The molecule has 4 rings (SSSR count). The fourth-order valence-corrected chi connectivity index (χ4v) is 6.16. The van der Waals surface area contributed by atoms with E-state index < -0.39 is 33.6 Å². The quantitative estimate of drug-likeness (QED) is 0.360. The van der Waals surface area contributed by atoms with Crippen molar-refractivity contribution in [1.29, 1.82) is 0 Å². The van der Waals surface area contributed by atoms with E-state index in [1.54, 1.807) is 42.5 Å².